The smallest absolute Gasteiger partial charge is 0.218 e. The first-order valence-electron chi connectivity index (χ1n) is 8.56. The van der Waals surface area contributed by atoms with Crippen molar-refractivity contribution < 1.29 is 13.2 Å². The first-order valence-corrected chi connectivity index (χ1v) is 10.5. The predicted molar refractivity (Wildman–Crippen MR) is 95.6 cm³/mol. The molecule has 0 amide bonds. The second-order valence-corrected chi connectivity index (χ2v) is 8.98. The Bertz CT molecular complexity index is 639. The Labute approximate surface area is 149 Å². The van der Waals surface area contributed by atoms with Crippen LogP contribution in [0.3, 0.4) is 0 Å². The lowest BCUT2D eigenvalue weighted by Crippen LogP contribution is -2.44. The molecule has 2 fully saturated rings. The first-order chi connectivity index (χ1) is 11.5. The number of piperidine rings is 1. The minimum absolute atomic E-state index is 0.0131. The zero-order valence-corrected chi connectivity index (χ0v) is 15.4. The highest BCUT2D eigenvalue weighted by Crippen LogP contribution is 2.24. The Kier molecular flexibility index (Phi) is 6.16. The summed E-state index contributed by atoms with van der Waals surface area (Å²) < 4.78 is 32.3. The monoisotopic (exact) mass is 372 g/mol. The number of halogens is 1. The molecule has 1 aromatic carbocycles. The number of morpholine rings is 1. The van der Waals surface area contributed by atoms with Crippen molar-refractivity contribution in [2.24, 2.45) is 5.92 Å². The van der Waals surface area contributed by atoms with Crippen LogP contribution in [0.25, 0.3) is 0 Å². The largest absolute Gasteiger partial charge is 0.379 e. The molecule has 0 saturated carbocycles. The Balaban J connectivity index is 1.52. The quantitative estimate of drug-likeness (QED) is 0.795. The van der Waals surface area contributed by atoms with E-state index in [1.165, 1.54) is 0 Å². The van der Waals surface area contributed by atoms with Crippen molar-refractivity contribution in [3.63, 3.8) is 0 Å². The normalized spacial score (nSPS) is 21.9. The van der Waals surface area contributed by atoms with E-state index in [0.717, 1.165) is 45.7 Å². The molecule has 134 valence electrons. The van der Waals surface area contributed by atoms with Crippen LogP contribution in [0.4, 0.5) is 0 Å². The molecule has 0 N–H and O–H groups in total. The van der Waals surface area contributed by atoms with Gasteiger partial charge in [0, 0.05) is 37.7 Å². The summed E-state index contributed by atoms with van der Waals surface area (Å²) in [5, 5.41) is 0.517. The predicted octanol–water partition coefficient (Wildman–Crippen LogP) is 2.21. The number of rotatable bonds is 5. The second-order valence-electron chi connectivity index (χ2n) is 6.60. The number of sulfonamides is 1. The van der Waals surface area contributed by atoms with Crippen molar-refractivity contribution in [2.75, 3.05) is 45.9 Å². The van der Waals surface area contributed by atoms with E-state index in [1.54, 1.807) is 16.4 Å². The second kappa shape index (κ2) is 8.15. The van der Waals surface area contributed by atoms with E-state index in [4.69, 9.17) is 16.3 Å². The molecule has 3 rings (SSSR count). The topological polar surface area (TPSA) is 49.9 Å². The zero-order valence-electron chi connectivity index (χ0n) is 13.9. The van der Waals surface area contributed by atoms with Crippen LogP contribution >= 0.6 is 11.6 Å². The average molecular weight is 373 g/mol. The fourth-order valence-electron chi connectivity index (χ4n) is 3.42. The molecule has 24 heavy (non-hydrogen) atoms. The van der Waals surface area contributed by atoms with Crippen LogP contribution in [0.5, 0.6) is 0 Å². The highest BCUT2D eigenvalue weighted by molar-refractivity contribution is 7.88. The fraction of sp³-hybridized carbons (Fsp3) is 0.647. The van der Waals surface area contributed by atoms with Gasteiger partial charge in [-0.15, -0.1) is 0 Å². The number of nitrogens with zero attached hydrogens (tertiary/aromatic N) is 2. The summed E-state index contributed by atoms with van der Waals surface area (Å²) in [6.45, 7) is 5.89. The van der Waals surface area contributed by atoms with Crippen LogP contribution in [0.2, 0.25) is 5.02 Å². The molecule has 7 heteroatoms. The summed E-state index contributed by atoms with van der Waals surface area (Å²) in [5.41, 5.74) is 0.676. The van der Waals surface area contributed by atoms with Gasteiger partial charge in [0.15, 0.2) is 0 Å². The molecular weight excluding hydrogens is 348 g/mol. The lowest BCUT2D eigenvalue weighted by atomic mass is 9.97. The van der Waals surface area contributed by atoms with Gasteiger partial charge in [-0.2, -0.15) is 0 Å². The third-order valence-electron chi connectivity index (χ3n) is 4.88. The molecule has 0 aromatic heterocycles. The summed E-state index contributed by atoms with van der Waals surface area (Å²) in [7, 11) is -3.30. The van der Waals surface area contributed by atoms with E-state index < -0.39 is 10.0 Å². The molecule has 0 aliphatic carbocycles. The maximum Gasteiger partial charge on any atom is 0.218 e. The summed E-state index contributed by atoms with van der Waals surface area (Å²) in [4.78, 5) is 2.43. The van der Waals surface area contributed by atoms with Crippen LogP contribution in [-0.2, 0) is 20.5 Å². The standard InChI is InChI=1S/C17H25ClN2O3S/c18-17-4-2-1-3-16(17)14-24(21,22)20-7-5-15(6-8-20)13-19-9-11-23-12-10-19/h1-4,15H,5-14H2. The van der Waals surface area contributed by atoms with Crippen LogP contribution in [0.15, 0.2) is 24.3 Å². The van der Waals surface area contributed by atoms with Crippen LogP contribution < -0.4 is 0 Å². The molecule has 0 radical (unpaired) electrons. The van der Waals surface area contributed by atoms with E-state index in [-0.39, 0.29) is 5.75 Å². The lowest BCUT2D eigenvalue weighted by Gasteiger charge is -2.35. The molecule has 2 aliphatic heterocycles. The minimum atomic E-state index is -3.30. The van der Waals surface area contributed by atoms with Gasteiger partial charge in [-0.25, -0.2) is 12.7 Å². The van der Waals surface area contributed by atoms with Gasteiger partial charge in [-0.1, -0.05) is 29.8 Å². The van der Waals surface area contributed by atoms with E-state index >= 15 is 0 Å². The number of hydrogen-bond donors (Lipinski definition) is 0. The third kappa shape index (κ3) is 4.70. The molecule has 0 unspecified atom stereocenters. The van der Waals surface area contributed by atoms with E-state index in [2.05, 4.69) is 4.90 Å². The summed E-state index contributed by atoms with van der Waals surface area (Å²) in [6.07, 6.45) is 1.86. The van der Waals surface area contributed by atoms with E-state index in [9.17, 15) is 8.42 Å². The summed E-state index contributed by atoms with van der Waals surface area (Å²) in [6, 6.07) is 7.16. The van der Waals surface area contributed by atoms with Crippen LogP contribution in [0.1, 0.15) is 18.4 Å². The van der Waals surface area contributed by atoms with Crippen molar-refractivity contribution in [1.29, 1.82) is 0 Å². The third-order valence-corrected chi connectivity index (χ3v) is 7.08. The van der Waals surface area contributed by atoms with Crippen molar-refractivity contribution in [1.82, 2.24) is 9.21 Å². The van der Waals surface area contributed by atoms with E-state index in [1.807, 2.05) is 12.1 Å². The van der Waals surface area contributed by atoms with Gasteiger partial charge >= 0.3 is 0 Å². The molecule has 0 spiro atoms. The van der Waals surface area contributed by atoms with Crippen molar-refractivity contribution in [2.45, 2.75) is 18.6 Å². The minimum Gasteiger partial charge on any atom is -0.379 e. The van der Waals surface area contributed by atoms with Gasteiger partial charge in [0.1, 0.15) is 0 Å². The number of ether oxygens (including phenoxy) is 1. The maximum absolute atomic E-state index is 12.6. The van der Waals surface area contributed by atoms with Crippen LogP contribution in [0, 0.1) is 5.92 Å². The van der Waals surface area contributed by atoms with Crippen molar-refractivity contribution >= 4 is 21.6 Å². The van der Waals surface area contributed by atoms with Gasteiger partial charge in [0.2, 0.25) is 10.0 Å². The molecule has 5 nitrogen and oxygen atoms in total. The molecular formula is C17H25ClN2O3S. The number of hydrogen-bond acceptors (Lipinski definition) is 4. The zero-order chi connectivity index (χ0) is 17.0. The lowest BCUT2D eigenvalue weighted by molar-refractivity contribution is 0.0269. The van der Waals surface area contributed by atoms with Crippen LogP contribution in [-0.4, -0.2) is 63.6 Å². The Hall–Kier alpha value is -0.660. The highest BCUT2D eigenvalue weighted by Gasteiger charge is 2.29. The Morgan fingerprint density at radius 2 is 1.75 bits per heavy atom. The average Bonchev–Trinajstić information content (AvgIpc) is 2.58. The summed E-state index contributed by atoms with van der Waals surface area (Å²) >= 11 is 6.10. The summed E-state index contributed by atoms with van der Waals surface area (Å²) in [5.74, 6) is 0.565. The van der Waals surface area contributed by atoms with Gasteiger partial charge < -0.3 is 4.74 Å². The van der Waals surface area contributed by atoms with Crippen molar-refractivity contribution in [3.8, 4) is 0 Å². The molecule has 2 aliphatic rings. The van der Waals surface area contributed by atoms with Crippen molar-refractivity contribution in [3.05, 3.63) is 34.9 Å². The molecule has 2 heterocycles. The van der Waals surface area contributed by atoms with Gasteiger partial charge in [0.05, 0.1) is 19.0 Å². The first kappa shape index (κ1) is 18.1. The molecule has 0 atom stereocenters. The van der Waals surface area contributed by atoms with Gasteiger partial charge in [0.25, 0.3) is 0 Å². The van der Waals surface area contributed by atoms with Gasteiger partial charge in [-0.3, -0.25) is 4.90 Å². The molecule has 0 bridgehead atoms. The molecule has 1 aromatic rings. The Morgan fingerprint density at radius 3 is 2.42 bits per heavy atom. The fourth-order valence-corrected chi connectivity index (χ4v) is 5.30. The number of benzene rings is 1. The maximum atomic E-state index is 12.6. The van der Waals surface area contributed by atoms with E-state index in [0.29, 0.717) is 29.6 Å². The Morgan fingerprint density at radius 1 is 1.08 bits per heavy atom. The molecule has 2 saturated heterocycles. The van der Waals surface area contributed by atoms with Gasteiger partial charge in [-0.05, 0) is 30.4 Å². The SMILES string of the molecule is O=S(=O)(Cc1ccccc1Cl)N1CCC(CN2CCOCC2)CC1. The highest BCUT2D eigenvalue weighted by atomic mass is 35.5.